The average Bonchev–Trinajstić information content (AvgIpc) is 2.70. The molecule has 1 aromatic heterocycles. The summed E-state index contributed by atoms with van der Waals surface area (Å²) in [5, 5.41) is 22.6. The van der Waals surface area contributed by atoms with Crippen LogP contribution in [0.25, 0.3) is 0 Å². The predicted octanol–water partition coefficient (Wildman–Crippen LogP) is -0.335. The number of carbonyl (C=O) groups is 1. The molecule has 0 aromatic carbocycles. The lowest BCUT2D eigenvalue weighted by atomic mass is 10.1. The zero-order valence-electron chi connectivity index (χ0n) is 11.8. The normalized spacial score (nSPS) is 11.6. The van der Waals surface area contributed by atoms with Crippen molar-refractivity contribution in [3.05, 3.63) is 11.9 Å². The molecule has 0 spiro atoms. The number of nitrogens with one attached hydrogen (secondary N) is 2. The van der Waals surface area contributed by atoms with Crippen LogP contribution in [0, 0.1) is 0 Å². The molecule has 1 amide bonds. The van der Waals surface area contributed by atoms with Crippen molar-refractivity contribution in [3.63, 3.8) is 0 Å². The number of aromatic nitrogens is 3. The van der Waals surface area contributed by atoms with Gasteiger partial charge in [0.25, 0.3) is 0 Å². The Morgan fingerprint density at radius 3 is 2.84 bits per heavy atom. The molecule has 0 radical (unpaired) electrons. The van der Waals surface area contributed by atoms with Crippen molar-refractivity contribution >= 4 is 5.91 Å². The summed E-state index contributed by atoms with van der Waals surface area (Å²) in [5.74, 6) is 0.0314. The van der Waals surface area contributed by atoms with Gasteiger partial charge in [-0.2, -0.15) is 0 Å². The summed E-state index contributed by atoms with van der Waals surface area (Å²) in [4.78, 5) is 11.5. The van der Waals surface area contributed by atoms with Crippen LogP contribution in [0.2, 0.25) is 0 Å². The van der Waals surface area contributed by atoms with Crippen molar-refractivity contribution in [3.8, 4) is 0 Å². The molecule has 1 rings (SSSR count). The second-order valence-corrected chi connectivity index (χ2v) is 5.42. The lowest BCUT2D eigenvalue weighted by Crippen LogP contribution is -2.41. The van der Waals surface area contributed by atoms with E-state index >= 15 is 0 Å². The molecule has 1 heterocycles. The van der Waals surface area contributed by atoms with Gasteiger partial charge in [-0.3, -0.25) is 4.79 Å². The highest BCUT2D eigenvalue weighted by atomic mass is 16.3. The van der Waals surface area contributed by atoms with Crippen LogP contribution in [0.15, 0.2) is 6.20 Å². The van der Waals surface area contributed by atoms with Crippen molar-refractivity contribution in [2.75, 3.05) is 13.2 Å². The van der Waals surface area contributed by atoms with Crippen molar-refractivity contribution in [1.29, 1.82) is 0 Å². The first-order chi connectivity index (χ1) is 8.90. The molecule has 19 heavy (non-hydrogen) atoms. The van der Waals surface area contributed by atoms with E-state index in [1.165, 1.54) is 0 Å². The lowest BCUT2D eigenvalue weighted by Gasteiger charge is -2.20. The Bertz CT molecular complexity index is 397. The van der Waals surface area contributed by atoms with Gasteiger partial charge in [0.15, 0.2) is 0 Å². The Morgan fingerprint density at radius 2 is 2.21 bits per heavy atom. The highest BCUT2D eigenvalue weighted by Gasteiger charge is 2.12. The lowest BCUT2D eigenvalue weighted by molar-refractivity contribution is -0.122. The van der Waals surface area contributed by atoms with E-state index in [0.717, 1.165) is 5.69 Å². The monoisotopic (exact) mass is 269 g/mol. The van der Waals surface area contributed by atoms with Gasteiger partial charge >= 0.3 is 0 Å². The zero-order chi connectivity index (χ0) is 14.3. The van der Waals surface area contributed by atoms with Crippen LogP contribution >= 0.6 is 0 Å². The van der Waals surface area contributed by atoms with Gasteiger partial charge in [-0.25, -0.2) is 4.68 Å². The third-order valence-corrected chi connectivity index (χ3v) is 2.26. The molecular weight excluding hydrogens is 246 g/mol. The summed E-state index contributed by atoms with van der Waals surface area (Å²) in [6, 6.07) is 0. The third kappa shape index (κ3) is 6.88. The van der Waals surface area contributed by atoms with Crippen LogP contribution < -0.4 is 10.6 Å². The van der Waals surface area contributed by atoms with Crippen LogP contribution in [0.1, 0.15) is 32.9 Å². The van der Waals surface area contributed by atoms with Crippen molar-refractivity contribution in [2.45, 2.75) is 45.8 Å². The number of hydrogen-bond acceptors (Lipinski definition) is 5. The van der Waals surface area contributed by atoms with Crippen molar-refractivity contribution < 1.29 is 9.90 Å². The Labute approximate surface area is 113 Å². The number of nitrogens with zero attached hydrogens (tertiary/aromatic N) is 3. The van der Waals surface area contributed by atoms with Crippen LogP contribution in [0.5, 0.6) is 0 Å². The fourth-order valence-electron chi connectivity index (χ4n) is 1.53. The van der Waals surface area contributed by atoms with E-state index < -0.39 is 0 Å². The summed E-state index contributed by atoms with van der Waals surface area (Å²) in [7, 11) is 0. The fraction of sp³-hybridized carbons (Fsp3) is 0.750. The molecule has 0 saturated carbocycles. The molecule has 0 bridgehead atoms. The highest BCUT2D eigenvalue weighted by molar-refractivity contribution is 5.76. The highest BCUT2D eigenvalue weighted by Crippen LogP contribution is 1.99. The number of hydrogen-bond donors (Lipinski definition) is 3. The zero-order valence-corrected chi connectivity index (χ0v) is 11.8. The van der Waals surface area contributed by atoms with Gasteiger partial charge in [-0.15, -0.1) is 5.10 Å². The maximum atomic E-state index is 11.5. The first kappa shape index (κ1) is 15.6. The Balaban J connectivity index is 2.18. The summed E-state index contributed by atoms with van der Waals surface area (Å²) >= 11 is 0. The minimum absolute atomic E-state index is 0.0314. The number of aliphatic hydroxyl groups is 1. The summed E-state index contributed by atoms with van der Waals surface area (Å²) < 4.78 is 1.59. The van der Waals surface area contributed by atoms with Gasteiger partial charge in [-0.1, -0.05) is 5.21 Å². The van der Waals surface area contributed by atoms with E-state index in [1.807, 2.05) is 20.8 Å². The molecule has 0 aliphatic heterocycles. The smallest absolute Gasteiger partial charge is 0.221 e. The predicted molar refractivity (Wildman–Crippen MR) is 71.3 cm³/mol. The van der Waals surface area contributed by atoms with Gasteiger partial charge in [0.1, 0.15) is 0 Å². The van der Waals surface area contributed by atoms with E-state index in [2.05, 4.69) is 20.9 Å². The third-order valence-electron chi connectivity index (χ3n) is 2.26. The Kier molecular flexibility index (Phi) is 5.91. The summed E-state index contributed by atoms with van der Waals surface area (Å²) in [6.45, 7) is 7.51. The topological polar surface area (TPSA) is 92.1 Å². The summed E-state index contributed by atoms with van der Waals surface area (Å²) in [6.07, 6.45) is 2.21. The average molecular weight is 269 g/mol. The molecular formula is C12H23N5O2. The molecule has 7 nitrogen and oxygen atoms in total. The molecule has 0 fully saturated rings. The number of carbonyl (C=O) groups excluding carboxylic acids is 1. The molecule has 0 atom stereocenters. The minimum atomic E-state index is -0.190. The standard InChI is InChI=1S/C12H23N5O2/c1-12(2,3)14-11(19)4-5-13-8-10-9-17(6-7-18)16-15-10/h9,13,18H,4-8H2,1-3H3,(H,14,19). The maximum absolute atomic E-state index is 11.5. The van der Waals surface area contributed by atoms with Gasteiger partial charge < -0.3 is 15.7 Å². The largest absolute Gasteiger partial charge is 0.394 e. The van der Waals surface area contributed by atoms with E-state index in [-0.39, 0.29) is 18.1 Å². The second-order valence-electron chi connectivity index (χ2n) is 5.42. The molecule has 0 aliphatic rings. The second kappa shape index (κ2) is 7.20. The molecule has 108 valence electrons. The van der Waals surface area contributed by atoms with E-state index in [0.29, 0.717) is 26.1 Å². The Hall–Kier alpha value is -1.47. The maximum Gasteiger partial charge on any atom is 0.221 e. The first-order valence-electron chi connectivity index (χ1n) is 6.42. The van der Waals surface area contributed by atoms with Crippen LogP contribution in [-0.2, 0) is 17.9 Å². The van der Waals surface area contributed by atoms with Gasteiger partial charge in [0, 0.05) is 31.2 Å². The number of aliphatic hydroxyl groups excluding tert-OH is 1. The Morgan fingerprint density at radius 1 is 1.47 bits per heavy atom. The molecule has 0 saturated heterocycles. The molecule has 0 aliphatic carbocycles. The quantitative estimate of drug-likeness (QED) is 0.589. The minimum Gasteiger partial charge on any atom is -0.394 e. The number of amides is 1. The number of rotatable bonds is 7. The van der Waals surface area contributed by atoms with Crippen LogP contribution in [0.3, 0.4) is 0 Å². The van der Waals surface area contributed by atoms with Crippen LogP contribution in [-0.4, -0.2) is 44.7 Å². The van der Waals surface area contributed by atoms with Gasteiger partial charge in [-0.05, 0) is 20.8 Å². The van der Waals surface area contributed by atoms with Crippen molar-refractivity contribution in [2.24, 2.45) is 0 Å². The van der Waals surface area contributed by atoms with Crippen LogP contribution in [0.4, 0.5) is 0 Å². The molecule has 3 N–H and O–H groups in total. The summed E-state index contributed by atoms with van der Waals surface area (Å²) in [5.41, 5.74) is 0.606. The molecule has 7 heteroatoms. The van der Waals surface area contributed by atoms with E-state index in [9.17, 15) is 4.79 Å². The first-order valence-corrected chi connectivity index (χ1v) is 6.42. The van der Waals surface area contributed by atoms with Gasteiger partial charge in [0.05, 0.1) is 18.8 Å². The fourth-order valence-corrected chi connectivity index (χ4v) is 1.53. The molecule has 1 aromatic rings. The van der Waals surface area contributed by atoms with E-state index in [1.54, 1.807) is 10.9 Å². The van der Waals surface area contributed by atoms with Crippen molar-refractivity contribution in [1.82, 2.24) is 25.6 Å². The van der Waals surface area contributed by atoms with E-state index in [4.69, 9.17) is 5.11 Å². The van der Waals surface area contributed by atoms with Gasteiger partial charge in [0.2, 0.25) is 5.91 Å². The SMILES string of the molecule is CC(C)(C)NC(=O)CCNCc1cn(CCO)nn1. The molecule has 0 unspecified atom stereocenters.